The Bertz CT molecular complexity index is 663. The van der Waals surface area contributed by atoms with Crippen molar-refractivity contribution in [1.82, 2.24) is 15.1 Å². The first-order valence-electron chi connectivity index (χ1n) is 10.9. The first-order chi connectivity index (χ1) is 13.8. The van der Waals surface area contributed by atoms with Crippen LogP contribution in [0.3, 0.4) is 0 Å². The van der Waals surface area contributed by atoms with Gasteiger partial charge < -0.3 is 15.0 Å². The first-order valence-corrected chi connectivity index (χ1v) is 10.9. The average Bonchev–Trinajstić information content (AvgIpc) is 2.92. The number of ether oxygens (including phenoxy) is 1. The normalized spacial score (nSPS) is 29.1. The van der Waals surface area contributed by atoms with E-state index in [1.54, 1.807) is 4.90 Å². The number of nitrogens with one attached hydrogen (secondary N) is 1. The topological polar surface area (TPSA) is 96.0 Å². The monoisotopic (exact) mass is 407 g/mol. The molecule has 0 aromatic carbocycles. The highest BCUT2D eigenvalue weighted by atomic mass is 16.5. The molecule has 0 radical (unpaired) electrons. The van der Waals surface area contributed by atoms with Gasteiger partial charge in [-0.2, -0.15) is 0 Å². The van der Waals surface area contributed by atoms with Gasteiger partial charge in [0.2, 0.25) is 0 Å². The number of likely N-dealkylation sites (tertiary alicyclic amines) is 1. The molecule has 1 atom stereocenters. The Kier molecular flexibility index (Phi) is 6.49. The standard InChI is InChI=1S/C21H33N3O5/c1-4-16-5-9-21(10-6-16)19(27)24(20(28)22-21)13-17(25)29-15(3)18(26)23-11-7-14(2)8-12-23/h14-16H,4-13H2,1-3H3,(H,22,28)/t15-,16?,21?/m1/s1. The third-order valence-corrected chi connectivity index (χ3v) is 6.82. The van der Waals surface area contributed by atoms with Gasteiger partial charge in [0.25, 0.3) is 11.8 Å². The van der Waals surface area contributed by atoms with E-state index in [9.17, 15) is 19.2 Å². The number of hydrogen-bond donors (Lipinski definition) is 1. The zero-order valence-corrected chi connectivity index (χ0v) is 17.7. The summed E-state index contributed by atoms with van der Waals surface area (Å²) < 4.78 is 5.26. The molecule has 2 heterocycles. The number of imide groups is 1. The number of urea groups is 1. The molecule has 3 aliphatic rings. The number of amides is 4. The lowest BCUT2D eigenvalue weighted by molar-refractivity contribution is -0.161. The van der Waals surface area contributed by atoms with E-state index < -0.39 is 30.2 Å². The van der Waals surface area contributed by atoms with E-state index in [-0.39, 0.29) is 11.8 Å². The molecule has 0 bridgehead atoms. The molecule has 0 aromatic rings. The molecule has 2 saturated heterocycles. The molecule has 3 rings (SSSR count). The second-order valence-corrected chi connectivity index (χ2v) is 8.90. The Morgan fingerprint density at radius 2 is 1.79 bits per heavy atom. The molecular formula is C21H33N3O5. The van der Waals surface area contributed by atoms with Crippen LogP contribution in [-0.2, 0) is 19.1 Å². The molecule has 3 fully saturated rings. The van der Waals surface area contributed by atoms with Gasteiger partial charge in [-0.3, -0.25) is 19.3 Å². The average molecular weight is 408 g/mol. The van der Waals surface area contributed by atoms with Crippen LogP contribution in [0.15, 0.2) is 0 Å². The minimum Gasteiger partial charge on any atom is -0.451 e. The summed E-state index contributed by atoms with van der Waals surface area (Å²) in [5, 5.41) is 2.81. The van der Waals surface area contributed by atoms with Crippen LogP contribution in [0.25, 0.3) is 0 Å². The largest absolute Gasteiger partial charge is 0.451 e. The molecule has 0 aromatic heterocycles. The molecule has 2 aliphatic heterocycles. The molecule has 162 valence electrons. The van der Waals surface area contributed by atoms with Crippen LogP contribution in [-0.4, -0.2) is 64.9 Å². The molecule has 1 aliphatic carbocycles. The van der Waals surface area contributed by atoms with Crippen LogP contribution >= 0.6 is 0 Å². The number of carbonyl (C=O) groups excluding carboxylic acids is 4. The number of rotatable bonds is 5. The minimum atomic E-state index is -0.925. The van der Waals surface area contributed by atoms with E-state index in [0.717, 1.165) is 37.0 Å². The van der Waals surface area contributed by atoms with Crippen molar-refractivity contribution in [3.8, 4) is 0 Å². The van der Waals surface area contributed by atoms with Crippen LogP contribution in [0, 0.1) is 11.8 Å². The Balaban J connectivity index is 1.53. The van der Waals surface area contributed by atoms with Crippen molar-refractivity contribution in [3.05, 3.63) is 0 Å². The van der Waals surface area contributed by atoms with E-state index in [4.69, 9.17) is 4.74 Å². The van der Waals surface area contributed by atoms with Crippen molar-refractivity contribution in [2.45, 2.75) is 77.4 Å². The number of carbonyl (C=O) groups is 4. The highest BCUT2D eigenvalue weighted by Gasteiger charge is 2.52. The van der Waals surface area contributed by atoms with Gasteiger partial charge >= 0.3 is 12.0 Å². The molecule has 1 saturated carbocycles. The van der Waals surface area contributed by atoms with E-state index in [0.29, 0.717) is 37.8 Å². The smallest absolute Gasteiger partial charge is 0.327 e. The van der Waals surface area contributed by atoms with Crippen LogP contribution in [0.2, 0.25) is 0 Å². The van der Waals surface area contributed by atoms with Crippen molar-refractivity contribution >= 4 is 23.8 Å². The van der Waals surface area contributed by atoms with Crippen molar-refractivity contribution in [3.63, 3.8) is 0 Å². The second kappa shape index (κ2) is 8.71. The summed E-state index contributed by atoms with van der Waals surface area (Å²) in [7, 11) is 0. The molecule has 29 heavy (non-hydrogen) atoms. The van der Waals surface area contributed by atoms with Crippen LogP contribution in [0.4, 0.5) is 4.79 Å². The van der Waals surface area contributed by atoms with Gasteiger partial charge in [0.1, 0.15) is 12.1 Å². The summed E-state index contributed by atoms with van der Waals surface area (Å²) in [6, 6.07) is -0.550. The fourth-order valence-corrected chi connectivity index (χ4v) is 4.64. The highest BCUT2D eigenvalue weighted by Crippen LogP contribution is 2.37. The third-order valence-electron chi connectivity index (χ3n) is 6.82. The number of nitrogens with zero attached hydrogens (tertiary/aromatic N) is 2. The first kappa shape index (κ1) is 21.6. The van der Waals surface area contributed by atoms with Gasteiger partial charge in [-0.05, 0) is 57.3 Å². The quantitative estimate of drug-likeness (QED) is 0.556. The second-order valence-electron chi connectivity index (χ2n) is 8.90. The fourth-order valence-electron chi connectivity index (χ4n) is 4.64. The van der Waals surface area contributed by atoms with Crippen LogP contribution < -0.4 is 5.32 Å². The lowest BCUT2D eigenvalue weighted by Crippen LogP contribution is -2.50. The van der Waals surface area contributed by atoms with Gasteiger partial charge in [0.15, 0.2) is 6.10 Å². The molecule has 4 amide bonds. The van der Waals surface area contributed by atoms with E-state index in [1.807, 2.05) is 0 Å². The number of hydrogen-bond acceptors (Lipinski definition) is 5. The molecule has 0 unspecified atom stereocenters. The summed E-state index contributed by atoms with van der Waals surface area (Å²) >= 11 is 0. The van der Waals surface area contributed by atoms with E-state index in [2.05, 4.69) is 19.2 Å². The van der Waals surface area contributed by atoms with Gasteiger partial charge in [0.05, 0.1) is 0 Å². The van der Waals surface area contributed by atoms with Crippen molar-refractivity contribution in [1.29, 1.82) is 0 Å². The molecule has 8 nitrogen and oxygen atoms in total. The van der Waals surface area contributed by atoms with Crippen molar-refractivity contribution in [2.24, 2.45) is 11.8 Å². The third kappa shape index (κ3) is 4.56. The summed E-state index contributed by atoms with van der Waals surface area (Å²) in [5.74, 6) is -0.140. The zero-order valence-electron chi connectivity index (χ0n) is 17.7. The lowest BCUT2D eigenvalue weighted by Gasteiger charge is -2.34. The zero-order chi connectivity index (χ0) is 21.2. The van der Waals surface area contributed by atoms with Gasteiger partial charge in [-0.1, -0.05) is 20.3 Å². The SMILES string of the molecule is CCC1CCC2(CC1)NC(=O)N(CC(=O)O[C@H](C)C(=O)N1CCC(C)CC1)C2=O. The number of esters is 1. The van der Waals surface area contributed by atoms with Gasteiger partial charge in [0, 0.05) is 13.1 Å². The van der Waals surface area contributed by atoms with Gasteiger partial charge in [-0.15, -0.1) is 0 Å². The molecular weight excluding hydrogens is 374 g/mol. The van der Waals surface area contributed by atoms with E-state index in [1.165, 1.54) is 6.92 Å². The van der Waals surface area contributed by atoms with Crippen LogP contribution in [0.1, 0.15) is 65.7 Å². The fraction of sp³-hybridized carbons (Fsp3) is 0.810. The minimum absolute atomic E-state index is 0.225. The molecule has 1 N–H and O–H groups in total. The van der Waals surface area contributed by atoms with E-state index >= 15 is 0 Å². The summed E-state index contributed by atoms with van der Waals surface area (Å²) in [5.41, 5.74) is -0.880. The van der Waals surface area contributed by atoms with Crippen molar-refractivity contribution in [2.75, 3.05) is 19.6 Å². The maximum Gasteiger partial charge on any atom is 0.327 e. The summed E-state index contributed by atoms with van der Waals surface area (Å²) in [6.45, 7) is 6.69. The van der Waals surface area contributed by atoms with Crippen LogP contribution in [0.5, 0.6) is 0 Å². The maximum absolute atomic E-state index is 12.9. The Morgan fingerprint density at radius 3 is 2.38 bits per heavy atom. The summed E-state index contributed by atoms with van der Waals surface area (Å²) in [4.78, 5) is 52.7. The lowest BCUT2D eigenvalue weighted by atomic mass is 9.75. The predicted molar refractivity (Wildman–Crippen MR) is 106 cm³/mol. The molecule has 8 heteroatoms. The Morgan fingerprint density at radius 1 is 1.17 bits per heavy atom. The molecule has 1 spiro atoms. The maximum atomic E-state index is 12.9. The Hall–Kier alpha value is -2.12. The van der Waals surface area contributed by atoms with Crippen molar-refractivity contribution < 1.29 is 23.9 Å². The predicted octanol–water partition coefficient (Wildman–Crippen LogP) is 2.07. The highest BCUT2D eigenvalue weighted by molar-refractivity contribution is 6.08. The number of piperidine rings is 1. The summed E-state index contributed by atoms with van der Waals surface area (Å²) in [6.07, 6.45) is 5.00. The van der Waals surface area contributed by atoms with Gasteiger partial charge in [-0.25, -0.2) is 4.79 Å². The Labute approximate surface area is 172 Å².